The van der Waals surface area contributed by atoms with E-state index in [-0.39, 0.29) is 5.76 Å². The lowest BCUT2D eigenvalue weighted by Crippen LogP contribution is -1.91. The molecule has 0 fully saturated rings. The molecule has 0 saturated heterocycles. The van der Waals surface area contributed by atoms with Gasteiger partial charge in [-0.2, -0.15) is 0 Å². The molecular weight excluding hydrogens is 204 g/mol. The van der Waals surface area contributed by atoms with Crippen molar-refractivity contribution >= 4 is 16.9 Å². The Kier molecular flexibility index (Phi) is 2.46. The molecule has 2 aromatic rings. The molecule has 0 saturated carbocycles. The molecule has 3 nitrogen and oxygen atoms in total. The number of hydrogen-bond donors (Lipinski definition) is 1. The Balaban J connectivity index is 2.77. The van der Waals surface area contributed by atoms with Crippen LogP contribution >= 0.6 is 0 Å². The standard InChI is InChI=1S/C13H14O3/c1-7(2)9-5-4-8(3)10-6-11(13(14)15)16-12(9)10/h4-7H,1-3H3,(H,14,15). The Bertz CT molecular complexity index is 550. The van der Waals surface area contributed by atoms with Gasteiger partial charge in [-0.3, -0.25) is 0 Å². The lowest BCUT2D eigenvalue weighted by Gasteiger charge is -2.06. The quantitative estimate of drug-likeness (QED) is 0.838. The van der Waals surface area contributed by atoms with Crippen LogP contribution in [-0.2, 0) is 0 Å². The number of aromatic carboxylic acids is 1. The van der Waals surface area contributed by atoms with Gasteiger partial charge < -0.3 is 9.52 Å². The third-order valence-corrected chi connectivity index (χ3v) is 2.76. The summed E-state index contributed by atoms with van der Waals surface area (Å²) >= 11 is 0. The van der Waals surface area contributed by atoms with E-state index in [4.69, 9.17) is 9.52 Å². The van der Waals surface area contributed by atoms with E-state index in [0.29, 0.717) is 11.5 Å². The lowest BCUT2D eigenvalue weighted by molar-refractivity contribution is 0.0665. The second-order valence-electron chi connectivity index (χ2n) is 4.28. The molecule has 1 N–H and O–H groups in total. The van der Waals surface area contributed by atoms with Gasteiger partial charge in [0.2, 0.25) is 5.76 Å². The predicted octanol–water partition coefficient (Wildman–Crippen LogP) is 3.56. The smallest absolute Gasteiger partial charge is 0.371 e. The molecule has 1 heterocycles. The first-order valence-electron chi connectivity index (χ1n) is 5.27. The van der Waals surface area contributed by atoms with Gasteiger partial charge in [-0.15, -0.1) is 0 Å². The molecule has 0 atom stereocenters. The number of rotatable bonds is 2. The Morgan fingerprint density at radius 1 is 1.38 bits per heavy atom. The highest BCUT2D eigenvalue weighted by Gasteiger charge is 2.15. The summed E-state index contributed by atoms with van der Waals surface area (Å²) in [6, 6.07) is 5.59. The van der Waals surface area contributed by atoms with Gasteiger partial charge in [0.15, 0.2) is 0 Å². The zero-order chi connectivity index (χ0) is 11.9. The third kappa shape index (κ3) is 1.58. The van der Waals surface area contributed by atoms with Gasteiger partial charge in [0.05, 0.1) is 0 Å². The molecule has 2 rings (SSSR count). The largest absolute Gasteiger partial charge is 0.475 e. The molecule has 0 aliphatic rings. The summed E-state index contributed by atoms with van der Waals surface area (Å²) in [7, 11) is 0. The summed E-state index contributed by atoms with van der Waals surface area (Å²) in [6.45, 7) is 6.08. The normalized spacial score (nSPS) is 11.2. The van der Waals surface area contributed by atoms with Gasteiger partial charge in [-0.1, -0.05) is 26.0 Å². The molecule has 0 aliphatic heterocycles. The van der Waals surface area contributed by atoms with E-state index in [2.05, 4.69) is 13.8 Å². The van der Waals surface area contributed by atoms with Gasteiger partial charge >= 0.3 is 5.97 Å². The SMILES string of the molecule is Cc1ccc(C(C)C)c2oc(C(=O)O)cc12. The van der Waals surface area contributed by atoms with E-state index in [9.17, 15) is 4.79 Å². The fourth-order valence-electron chi connectivity index (χ4n) is 1.84. The zero-order valence-electron chi connectivity index (χ0n) is 9.57. The van der Waals surface area contributed by atoms with Crippen molar-refractivity contribution < 1.29 is 14.3 Å². The zero-order valence-corrected chi connectivity index (χ0v) is 9.57. The number of furan rings is 1. The molecule has 0 aliphatic carbocycles. The Morgan fingerprint density at radius 2 is 2.06 bits per heavy atom. The van der Waals surface area contributed by atoms with Crippen LogP contribution in [0.1, 0.15) is 41.4 Å². The molecule has 0 unspecified atom stereocenters. The summed E-state index contributed by atoms with van der Waals surface area (Å²) in [5.41, 5.74) is 2.79. The lowest BCUT2D eigenvalue weighted by atomic mass is 9.99. The second-order valence-corrected chi connectivity index (χ2v) is 4.28. The molecule has 16 heavy (non-hydrogen) atoms. The van der Waals surface area contributed by atoms with E-state index >= 15 is 0 Å². The Morgan fingerprint density at radius 3 is 2.62 bits per heavy atom. The van der Waals surface area contributed by atoms with Gasteiger partial charge in [-0.25, -0.2) is 4.79 Å². The summed E-state index contributed by atoms with van der Waals surface area (Å²) in [4.78, 5) is 10.9. The van der Waals surface area contributed by atoms with Crippen molar-refractivity contribution in [3.8, 4) is 0 Å². The van der Waals surface area contributed by atoms with Crippen LogP contribution in [0.25, 0.3) is 11.0 Å². The fraction of sp³-hybridized carbons (Fsp3) is 0.308. The molecular formula is C13H14O3. The highest BCUT2D eigenvalue weighted by atomic mass is 16.4. The number of aryl methyl sites for hydroxylation is 1. The van der Waals surface area contributed by atoms with Gasteiger partial charge in [-0.05, 0) is 30.0 Å². The summed E-state index contributed by atoms with van der Waals surface area (Å²) in [6.07, 6.45) is 0. The maximum atomic E-state index is 10.9. The van der Waals surface area contributed by atoms with Crippen molar-refractivity contribution in [3.05, 3.63) is 35.1 Å². The average Bonchev–Trinajstić information content (AvgIpc) is 2.62. The minimum atomic E-state index is -1.02. The van der Waals surface area contributed by atoms with Crippen molar-refractivity contribution in [2.24, 2.45) is 0 Å². The van der Waals surface area contributed by atoms with Gasteiger partial charge in [0.25, 0.3) is 0 Å². The van der Waals surface area contributed by atoms with Crippen LogP contribution in [-0.4, -0.2) is 11.1 Å². The Hall–Kier alpha value is -1.77. The molecule has 0 spiro atoms. The first kappa shape index (κ1) is 10.7. The Labute approximate surface area is 93.7 Å². The molecule has 84 valence electrons. The topological polar surface area (TPSA) is 50.4 Å². The summed E-state index contributed by atoms with van der Waals surface area (Å²) in [5, 5.41) is 9.80. The number of carboxylic acid groups (broad SMARTS) is 1. The molecule has 1 aromatic carbocycles. The van der Waals surface area contributed by atoms with Gasteiger partial charge in [0, 0.05) is 5.39 Å². The highest BCUT2D eigenvalue weighted by molar-refractivity contribution is 5.93. The van der Waals surface area contributed by atoms with Crippen LogP contribution < -0.4 is 0 Å². The van der Waals surface area contributed by atoms with Crippen molar-refractivity contribution in [1.82, 2.24) is 0 Å². The molecule has 0 amide bonds. The van der Waals surface area contributed by atoms with E-state index in [0.717, 1.165) is 16.5 Å². The van der Waals surface area contributed by atoms with Crippen molar-refractivity contribution in [2.45, 2.75) is 26.7 Å². The molecule has 0 radical (unpaired) electrons. The van der Waals surface area contributed by atoms with Gasteiger partial charge in [0.1, 0.15) is 5.58 Å². The maximum Gasteiger partial charge on any atom is 0.371 e. The number of fused-ring (bicyclic) bond motifs is 1. The first-order valence-corrected chi connectivity index (χ1v) is 5.27. The number of carbonyl (C=O) groups is 1. The van der Waals surface area contributed by atoms with E-state index in [1.165, 1.54) is 0 Å². The summed E-state index contributed by atoms with van der Waals surface area (Å²) in [5.74, 6) is -0.701. The maximum absolute atomic E-state index is 10.9. The number of carboxylic acids is 1. The minimum Gasteiger partial charge on any atom is -0.475 e. The van der Waals surface area contributed by atoms with E-state index < -0.39 is 5.97 Å². The fourth-order valence-corrected chi connectivity index (χ4v) is 1.84. The first-order chi connectivity index (χ1) is 7.50. The van der Waals surface area contributed by atoms with Crippen LogP contribution in [0.5, 0.6) is 0 Å². The number of benzene rings is 1. The molecule has 1 aromatic heterocycles. The third-order valence-electron chi connectivity index (χ3n) is 2.76. The molecule has 3 heteroatoms. The van der Waals surface area contributed by atoms with E-state index in [1.54, 1.807) is 6.07 Å². The van der Waals surface area contributed by atoms with Crippen molar-refractivity contribution in [3.63, 3.8) is 0 Å². The van der Waals surface area contributed by atoms with Crippen LogP contribution in [0.2, 0.25) is 0 Å². The summed E-state index contributed by atoms with van der Waals surface area (Å²) < 4.78 is 5.40. The highest BCUT2D eigenvalue weighted by Crippen LogP contribution is 2.30. The van der Waals surface area contributed by atoms with Crippen molar-refractivity contribution in [2.75, 3.05) is 0 Å². The van der Waals surface area contributed by atoms with Crippen LogP contribution in [0.15, 0.2) is 22.6 Å². The van der Waals surface area contributed by atoms with Crippen molar-refractivity contribution in [1.29, 1.82) is 0 Å². The van der Waals surface area contributed by atoms with Crippen LogP contribution in [0.3, 0.4) is 0 Å². The predicted molar refractivity (Wildman–Crippen MR) is 62.0 cm³/mol. The van der Waals surface area contributed by atoms with Crippen LogP contribution in [0, 0.1) is 6.92 Å². The number of hydrogen-bond acceptors (Lipinski definition) is 2. The minimum absolute atomic E-state index is 0.00574. The van der Waals surface area contributed by atoms with E-state index in [1.807, 2.05) is 19.1 Å². The monoisotopic (exact) mass is 218 g/mol. The second kappa shape index (κ2) is 3.67. The average molecular weight is 218 g/mol. The van der Waals surface area contributed by atoms with Crippen LogP contribution in [0.4, 0.5) is 0 Å². The molecule has 0 bridgehead atoms.